The molecule has 0 unspecified atom stereocenters. The van der Waals surface area contributed by atoms with Gasteiger partial charge in [0.05, 0.1) is 12.3 Å². The van der Waals surface area contributed by atoms with Gasteiger partial charge in [-0.1, -0.05) is 0 Å². The Morgan fingerprint density at radius 3 is 2.94 bits per heavy atom. The Morgan fingerprint density at radius 2 is 2.38 bits per heavy atom. The maximum Gasteiger partial charge on any atom is 0.278 e. The Kier molecular flexibility index (Phi) is 2.59. The molecule has 2 aromatic rings. The molecule has 7 nitrogen and oxygen atoms in total. The Morgan fingerprint density at radius 1 is 1.56 bits per heavy atom. The molecule has 1 amide bonds. The number of hydrogen-bond acceptors (Lipinski definition) is 6. The van der Waals surface area contributed by atoms with Gasteiger partial charge in [-0.2, -0.15) is 0 Å². The Hall–Kier alpha value is -2.31. The molecule has 2 rings (SSSR count). The third-order valence-corrected chi connectivity index (χ3v) is 2.05. The lowest BCUT2D eigenvalue weighted by Crippen LogP contribution is -2.27. The van der Waals surface area contributed by atoms with Crippen molar-refractivity contribution in [2.75, 3.05) is 5.73 Å². The first kappa shape index (κ1) is 10.2. The fourth-order valence-corrected chi connectivity index (χ4v) is 1.23. The van der Waals surface area contributed by atoms with Crippen LogP contribution in [0, 0.1) is 0 Å². The van der Waals surface area contributed by atoms with E-state index >= 15 is 0 Å². The number of nitrogens with two attached hydrogens (primary N) is 1. The van der Waals surface area contributed by atoms with Gasteiger partial charge in [0.2, 0.25) is 11.5 Å². The topological polar surface area (TPSA) is 107 Å². The minimum absolute atomic E-state index is 0.0293. The van der Waals surface area contributed by atoms with Crippen LogP contribution < -0.4 is 11.1 Å². The smallest absolute Gasteiger partial charge is 0.278 e. The maximum atomic E-state index is 11.6. The van der Waals surface area contributed by atoms with E-state index in [0.29, 0.717) is 5.76 Å². The van der Waals surface area contributed by atoms with Gasteiger partial charge in [-0.05, 0) is 29.4 Å². The third-order valence-electron chi connectivity index (χ3n) is 2.05. The van der Waals surface area contributed by atoms with Crippen molar-refractivity contribution in [3.8, 4) is 0 Å². The number of carbonyl (C=O) groups is 1. The SMILES string of the molecule is C[C@@H](NC(=O)c1nonc1N)c1ccco1. The van der Waals surface area contributed by atoms with Crippen molar-refractivity contribution in [3.05, 3.63) is 29.9 Å². The van der Waals surface area contributed by atoms with Crippen LogP contribution in [0.4, 0.5) is 5.82 Å². The minimum Gasteiger partial charge on any atom is -0.467 e. The van der Waals surface area contributed by atoms with Crippen LogP contribution in [0.2, 0.25) is 0 Å². The van der Waals surface area contributed by atoms with E-state index in [0.717, 1.165) is 0 Å². The predicted octanol–water partition coefficient (Wildman–Crippen LogP) is 0.736. The summed E-state index contributed by atoms with van der Waals surface area (Å²) in [6.07, 6.45) is 1.53. The molecule has 0 saturated heterocycles. The summed E-state index contributed by atoms with van der Waals surface area (Å²) in [6, 6.07) is 3.22. The van der Waals surface area contributed by atoms with Crippen molar-refractivity contribution < 1.29 is 13.8 Å². The van der Waals surface area contributed by atoms with Crippen LogP contribution in [-0.4, -0.2) is 16.2 Å². The van der Waals surface area contributed by atoms with Gasteiger partial charge in [-0.3, -0.25) is 4.79 Å². The van der Waals surface area contributed by atoms with Crippen molar-refractivity contribution in [1.29, 1.82) is 0 Å². The molecule has 0 saturated carbocycles. The molecule has 0 radical (unpaired) electrons. The second-order valence-corrected chi connectivity index (χ2v) is 3.21. The predicted molar refractivity (Wildman–Crippen MR) is 53.3 cm³/mol. The van der Waals surface area contributed by atoms with Gasteiger partial charge < -0.3 is 15.5 Å². The summed E-state index contributed by atoms with van der Waals surface area (Å²) in [5, 5.41) is 9.36. The zero-order valence-electron chi connectivity index (χ0n) is 8.51. The fraction of sp³-hybridized carbons (Fsp3) is 0.222. The van der Waals surface area contributed by atoms with Crippen molar-refractivity contribution in [2.24, 2.45) is 0 Å². The lowest BCUT2D eigenvalue weighted by molar-refractivity contribution is 0.0926. The molecule has 0 fully saturated rings. The van der Waals surface area contributed by atoms with E-state index in [1.165, 1.54) is 6.26 Å². The third kappa shape index (κ3) is 1.88. The summed E-state index contributed by atoms with van der Waals surface area (Å²) in [7, 11) is 0. The van der Waals surface area contributed by atoms with Gasteiger partial charge in [0.1, 0.15) is 5.76 Å². The number of furan rings is 1. The van der Waals surface area contributed by atoms with E-state index in [9.17, 15) is 4.79 Å². The van der Waals surface area contributed by atoms with E-state index in [1.807, 2.05) is 0 Å². The maximum absolute atomic E-state index is 11.6. The largest absolute Gasteiger partial charge is 0.467 e. The molecule has 0 aliphatic carbocycles. The van der Waals surface area contributed by atoms with E-state index in [1.54, 1.807) is 19.1 Å². The van der Waals surface area contributed by atoms with Gasteiger partial charge in [0, 0.05) is 0 Å². The second kappa shape index (κ2) is 4.05. The molecular formula is C9H10N4O3. The zero-order chi connectivity index (χ0) is 11.5. The van der Waals surface area contributed by atoms with Crippen LogP contribution in [-0.2, 0) is 0 Å². The van der Waals surface area contributed by atoms with Gasteiger partial charge in [0.25, 0.3) is 5.91 Å². The van der Waals surface area contributed by atoms with E-state index < -0.39 is 5.91 Å². The normalized spacial score (nSPS) is 12.3. The number of amides is 1. The lowest BCUT2D eigenvalue weighted by atomic mass is 10.2. The summed E-state index contributed by atoms with van der Waals surface area (Å²) in [5.74, 6) is 0.148. The highest BCUT2D eigenvalue weighted by Crippen LogP contribution is 2.13. The minimum atomic E-state index is -0.456. The van der Waals surface area contributed by atoms with E-state index in [2.05, 4.69) is 20.3 Å². The molecule has 1 atom stereocenters. The van der Waals surface area contributed by atoms with Crippen molar-refractivity contribution in [1.82, 2.24) is 15.6 Å². The van der Waals surface area contributed by atoms with Crippen LogP contribution in [0.5, 0.6) is 0 Å². The first-order valence-electron chi connectivity index (χ1n) is 4.61. The number of nitrogens with zero attached hydrogens (tertiary/aromatic N) is 2. The second-order valence-electron chi connectivity index (χ2n) is 3.21. The number of hydrogen-bond donors (Lipinski definition) is 2. The van der Waals surface area contributed by atoms with Crippen molar-refractivity contribution in [3.63, 3.8) is 0 Å². The fourth-order valence-electron chi connectivity index (χ4n) is 1.23. The van der Waals surface area contributed by atoms with E-state index in [-0.39, 0.29) is 17.6 Å². The average molecular weight is 222 g/mol. The Balaban J connectivity index is 2.06. The van der Waals surface area contributed by atoms with Crippen LogP contribution in [0.15, 0.2) is 27.4 Å². The molecule has 0 bridgehead atoms. The number of nitrogens with one attached hydrogen (secondary N) is 1. The number of nitrogen functional groups attached to an aromatic ring is 1. The molecule has 3 N–H and O–H groups in total. The molecule has 0 spiro atoms. The first-order chi connectivity index (χ1) is 7.68. The standard InChI is InChI=1S/C9H10N4O3/c1-5(6-3-2-4-15-6)11-9(14)7-8(10)13-16-12-7/h2-5H,1H3,(H2,10,13)(H,11,14)/t5-/m1/s1. The van der Waals surface area contributed by atoms with Crippen LogP contribution >= 0.6 is 0 Å². The van der Waals surface area contributed by atoms with Crippen LogP contribution in [0.3, 0.4) is 0 Å². The van der Waals surface area contributed by atoms with Crippen LogP contribution in [0.25, 0.3) is 0 Å². The highest BCUT2D eigenvalue weighted by molar-refractivity contribution is 5.96. The van der Waals surface area contributed by atoms with Gasteiger partial charge >= 0.3 is 0 Å². The summed E-state index contributed by atoms with van der Waals surface area (Å²) in [6.45, 7) is 1.78. The molecule has 84 valence electrons. The highest BCUT2D eigenvalue weighted by Gasteiger charge is 2.19. The lowest BCUT2D eigenvalue weighted by Gasteiger charge is -2.09. The summed E-state index contributed by atoms with van der Waals surface area (Å²) in [4.78, 5) is 11.6. The molecular weight excluding hydrogens is 212 g/mol. The number of rotatable bonds is 3. The average Bonchev–Trinajstić information content (AvgIpc) is 2.86. The Bertz CT molecular complexity index is 477. The quantitative estimate of drug-likeness (QED) is 0.792. The molecule has 7 heteroatoms. The van der Waals surface area contributed by atoms with Crippen LogP contribution in [0.1, 0.15) is 29.2 Å². The van der Waals surface area contributed by atoms with Gasteiger partial charge in [-0.15, -0.1) is 0 Å². The monoisotopic (exact) mass is 222 g/mol. The summed E-state index contributed by atoms with van der Waals surface area (Å²) < 4.78 is 9.47. The highest BCUT2D eigenvalue weighted by atomic mass is 16.6. The molecule has 0 aliphatic heterocycles. The number of anilines is 1. The molecule has 16 heavy (non-hydrogen) atoms. The molecule has 2 heterocycles. The van der Waals surface area contributed by atoms with Gasteiger partial charge in [0.15, 0.2) is 0 Å². The Labute approximate surface area is 90.6 Å². The number of aromatic nitrogens is 2. The summed E-state index contributed by atoms with van der Waals surface area (Å²) >= 11 is 0. The molecule has 0 aromatic carbocycles. The van der Waals surface area contributed by atoms with Crippen molar-refractivity contribution in [2.45, 2.75) is 13.0 Å². The molecule has 2 aromatic heterocycles. The van der Waals surface area contributed by atoms with Crippen molar-refractivity contribution >= 4 is 11.7 Å². The zero-order valence-corrected chi connectivity index (χ0v) is 8.51. The first-order valence-corrected chi connectivity index (χ1v) is 4.61. The van der Waals surface area contributed by atoms with E-state index in [4.69, 9.17) is 10.2 Å². The van der Waals surface area contributed by atoms with Gasteiger partial charge in [-0.25, -0.2) is 4.63 Å². The molecule has 0 aliphatic rings. The summed E-state index contributed by atoms with van der Waals surface area (Å²) in [5.41, 5.74) is 5.35. The number of carbonyl (C=O) groups excluding carboxylic acids is 1.